The molecule has 0 saturated carbocycles. The van der Waals surface area contributed by atoms with E-state index in [1.54, 1.807) is 31.2 Å². The second-order valence-corrected chi connectivity index (χ2v) is 6.90. The molecule has 1 saturated heterocycles. The summed E-state index contributed by atoms with van der Waals surface area (Å²) in [4.78, 5) is 38.3. The molecule has 7 nitrogen and oxygen atoms in total. The van der Waals surface area contributed by atoms with Crippen LogP contribution in [-0.2, 0) is 21.7 Å². The van der Waals surface area contributed by atoms with Crippen molar-refractivity contribution in [3.05, 3.63) is 70.8 Å². The molecular formula is C21H20N4O3. The van der Waals surface area contributed by atoms with Crippen LogP contribution in [0.3, 0.4) is 0 Å². The summed E-state index contributed by atoms with van der Waals surface area (Å²) >= 11 is 0. The summed E-state index contributed by atoms with van der Waals surface area (Å²) in [6.07, 6.45) is 0. The number of rotatable bonds is 5. The third-order valence-corrected chi connectivity index (χ3v) is 4.78. The predicted molar refractivity (Wildman–Crippen MR) is 102 cm³/mol. The second kappa shape index (κ2) is 7.53. The predicted octanol–water partition coefficient (Wildman–Crippen LogP) is 1.95. The van der Waals surface area contributed by atoms with E-state index in [9.17, 15) is 14.4 Å². The molecule has 28 heavy (non-hydrogen) atoms. The quantitative estimate of drug-likeness (QED) is 0.779. The molecule has 2 N–H and O–H groups in total. The zero-order valence-electron chi connectivity index (χ0n) is 15.7. The van der Waals surface area contributed by atoms with Crippen molar-refractivity contribution in [3.63, 3.8) is 0 Å². The lowest BCUT2D eigenvalue weighted by molar-refractivity contribution is -0.134. The average Bonchev–Trinajstić information content (AvgIpc) is 2.91. The van der Waals surface area contributed by atoms with E-state index in [0.29, 0.717) is 17.7 Å². The number of carbonyl (C=O) groups is 3. The Morgan fingerprint density at radius 3 is 2.39 bits per heavy atom. The Bertz CT molecular complexity index is 961. The van der Waals surface area contributed by atoms with Crippen LogP contribution in [0.2, 0.25) is 0 Å². The Balaban J connectivity index is 1.66. The normalized spacial score (nSPS) is 18.5. The fourth-order valence-electron chi connectivity index (χ4n) is 3.02. The number of imide groups is 1. The Kier molecular flexibility index (Phi) is 5.14. The van der Waals surface area contributed by atoms with Crippen molar-refractivity contribution in [1.29, 1.82) is 5.26 Å². The molecule has 7 heteroatoms. The molecule has 1 atom stereocenters. The molecular weight excluding hydrogens is 356 g/mol. The third-order valence-electron chi connectivity index (χ3n) is 4.78. The van der Waals surface area contributed by atoms with Crippen LogP contribution in [0, 0.1) is 18.3 Å². The van der Waals surface area contributed by atoms with Crippen LogP contribution in [-0.4, -0.2) is 29.3 Å². The van der Waals surface area contributed by atoms with Gasteiger partial charge in [-0.25, -0.2) is 4.79 Å². The van der Waals surface area contributed by atoms with Gasteiger partial charge >= 0.3 is 6.03 Å². The summed E-state index contributed by atoms with van der Waals surface area (Å²) in [7, 11) is 0. The molecule has 0 bridgehead atoms. The number of aryl methyl sites for hydroxylation is 1. The van der Waals surface area contributed by atoms with Gasteiger partial charge in [-0.2, -0.15) is 5.26 Å². The van der Waals surface area contributed by atoms with Gasteiger partial charge in [0.15, 0.2) is 0 Å². The van der Waals surface area contributed by atoms with Gasteiger partial charge in [-0.15, -0.1) is 0 Å². The minimum atomic E-state index is -1.28. The smallest absolute Gasteiger partial charge is 0.325 e. The van der Waals surface area contributed by atoms with Crippen LogP contribution < -0.4 is 10.6 Å². The number of hydrogen-bond donors (Lipinski definition) is 2. The van der Waals surface area contributed by atoms with Gasteiger partial charge < -0.3 is 10.6 Å². The molecule has 0 radical (unpaired) electrons. The molecule has 1 aliphatic heterocycles. The maximum absolute atomic E-state index is 12.8. The summed E-state index contributed by atoms with van der Waals surface area (Å²) in [5.74, 6) is -0.930. The first kappa shape index (κ1) is 19.1. The van der Waals surface area contributed by atoms with E-state index in [4.69, 9.17) is 5.26 Å². The van der Waals surface area contributed by atoms with Crippen molar-refractivity contribution >= 4 is 17.8 Å². The largest absolute Gasteiger partial charge is 0.350 e. The molecule has 0 aliphatic carbocycles. The van der Waals surface area contributed by atoms with E-state index in [2.05, 4.69) is 10.6 Å². The van der Waals surface area contributed by atoms with E-state index in [1.807, 2.05) is 37.3 Å². The van der Waals surface area contributed by atoms with Gasteiger partial charge in [0.1, 0.15) is 12.1 Å². The Labute approximate surface area is 163 Å². The number of nitrogens with one attached hydrogen (secondary N) is 2. The lowest BCUT2D eigenvalue weighted by atomic mass is 9.91. The highest BCUT2D eigenvalue weighted by molar-refractivity contribution is 6.09. The lowest BCUT2D eigenvalue weighted by Gasteiger charge is -2.22. The standard InChI is InChI=1S/C21H20N4O3/c1-14-3-5-16(6-4-14)12-23-18(26)13-25-19(27)21(2,24-20(25)28)17-9-7-15(11-22)8-10-17/h3-10H,12-13H2,1-2H3,(H,23,26)(H,24,28). The van der Waals surface area contributed by atoms with Crippen molar-refractivity contribution in [2.75, 3.05) is 6.54 Å². The third kappa shape index (κ3) is 3.71. The second-order valence-electron chi connectivity index (χ2n) is 6.90. The summed E-state index contributed by atoms with van der Waals surface area (Å²) in [6.45, 7) is 3.52. The van der Waals surface area contributed by atoms with Crippen LogP contribution in [0.15, 0.2) is 48.5 Å². The lowest BCUT2D eigenvalue weighted by Crippen LogP contribution is -2.43. The van der Waals surface area contributed by atoms with E-state index in [0.717, 1.165) is 16.0 Å². The number of benzene rings is 2. The van der Waals surface area contributed by atoms with Crippen LogP contribution >= 0.6 is 0 Å². The van der Waals surface area contributed by atoms with Gasteiger partial charge in [0.2, 0.25) is 5.91 Å². The topological polar surface area (TPSA) is 102 Å². The SMILES string of the molecule is Cc1ccc(CNC(=O)CN2C(=O)NC(C)(c3ccc(C#N)cc3)C2=O)cc1. The molecule has 0 spiro atoms. The molecule has 2 aromatic carbocycles. The highest BCUT2D eigenvalue weighted by atomic mass is 16.2. The van der Waals surface area contributed by atoms with Gasteiger partial charge in [0.25, 0.3) is 5.91 Å². The van der Waals surface area contributed by atoms with Gasteiger partial charge in [0.05, 0.1) is 11.6 Å². The number of amides is 4. The Morgan fingerprint density at radius 1 is 1.14 bits per heavy atom. The first-order valence-electron chi connectivity index (χ1n) is 8.80. The summed E-state index contributed by atoms with van der Waals surface area (Å²) in [5, 5.41) is 14.3. The number of nitrogens with zero attached hydrogens (tertiary/aromatic N) is 2. The Hall–Kier alpha value is -3.66. The van der Waals surface area contributed by atoms with Gasteiger partial charge in [-0.1, -0.05) is 42.0 Å². The highest BCUT2D eigenvalue weighted by Crippen LogP contribution is 2.28. The monoisotopic (exact) mass is 376 g/mol. The van der Waals surface area contributed by atoms with Crippen LogP contribution in [0.1, 0.15) is 29.2 Å². The molecule has 1 unspecified atom stereocenters. The van der Waals surface area contributed by atoms with Crippen LogP contribution in [0.5, 0.6) is 0 Å². The van der Waals surface area contributed by atoms with E-state index < -0.39 is 23.4 Å². The first-order valence-corrected chi connectivity index (χ1v) is 8.80. The van der Waals surface area contributed by atoms with E-state index in [-0.39, 0.29) is 6.54 Å². The minimum Gasteiger partial charge on any atom is -0.350 e. The maximum atomic E-state index is 12.8. The summed E-state index contributed by atoms with van der Waals surface area (Å²) in [5.41, 5.74) is 1.78. The van der Waals surface area contributed by atoms with Crippen LogP contribution in [0.4, 0.5) is 4.79 Å². The van der Waals surface area contributed by atoms with Crippen molar-refractivity contribution in [2.45, 2.75) is 25.9 Å². The van der Waals surface area contributed by atoms with Crippen molar-refractivity contribution < 1.29 is 14.4 Å². The zero-order valence-corrected chi connectivity index (χ0v) is 15.7. The van der Waals surface area contributed by atoms with Gasteiger partial charge in [-0.3, -0.25) is 14.5 Å². The van der Waals surface area contributed by atoms with Crippen LogP contribution in [0.25, 0.3) is 0 Å². The fourth-order valence-corrected chi connectivity index (χ4v) is 3.02. The average molecular weight is 376 g/mol. The minimum absolute atomic E-state index is 0.315. The number of hydrogen-bond acceptors (Lipinski definition) is 4. The Morgan fingerprint density at radius 2 is 1.79 bits per heavy atom. The molecule has 0 aromatic heterocycles. The summed E-state index contributed by atoms with van der Waals surface area (Å²) < 4.78 is 0. The summed E-state index contributed by atoms with van der Waals surface area (Å²) in [6, 6.07) is 15.5. The molecule has 4 amide bonds. The molecule has 1 aliphatic rings. The van der Waals surface area contributed by atoms with Crippen molar-refractivity contribution in [1.82, 2.24) is 15.5 Å². The zero-order chi connectivity index (χ0) is 20.3. The molecule has 2 aromatic rings. The molecule has 1 heterocycles. The number of nitriles is 1. The first-order chi connectivity index (χ1) is 13.3. The molecule has 142 valence electrons. The van der Waals surface area contributed by atoms with Crippen molar-refractivity contribution in [3.8, 4) is 6.07 Å². The van der Waals surface area contributed by atoms with Gasteiger partial charge in [-0.05, 0) is 37.1 Å². The fraction of sp³-hybridized carbons (Fsp3) is 0.238. The van der Waals surface area contributed by atoms with Gasteiger partial charge in [0, 0.05) is 6.54 Å². The highest BCUT2D eigenvalue weighted by Gasteiger charge is 2.49. The van der Waals surface area contributed by atoms with E-state index >= 15 is 0 Å². The molecule has 3 rings (SSSR count). The van der Waals surface area contributed by atoms with Crippen molar-refractivity contribution in [2.24, 2.45) is 0 Å². The molecule has 1 fully saturated rings. The number of carbonyl (C=O) groups excluding carboxylic acids is 3. The van der Waals surface area contributed by atoms with E-state index in [1.165, 1.54) is 0 Å². The maximum Gasteiger partial charge on any atom is 0.325 e. The number of urea groups is 1.